The SMILES string of the molecule is CCS(=O)c1ccccc1C(=O)Nc1ccc(CC(C)C(=O)O)cc1. The second kappa shape index (κ2) is 8.58. The first-order valence-corrected chi connectivity index (χ1v) is 9.34. The third-order valence-electron chi connectivity index (χ3n) is 3.81. The zero-order chi connectivity index (χ0) is 18.4. The van der Waals surface area contributed by atoms with Gasteiger partial charge in [-0.05, 0) is 36.2 Å². The lowest BCUT2D eigenvalue weighted by Gasteiger charge is -2.10. The van der Waals surface area contributed by atoms with Gasteiger partial charge in [-0.2, -0.15) is 0 Å². The van der Waals surface area contributed by atoms with Crippen LogP contribution in [-0.2, 0) is 22.0 Å². The average Bonchev–Trinajstić information content (AvgIpc) is 2.62. The van der Waals surface area contributed by atoms with Gasteiger partial charge < -0.3 is 10.4 Å². The van der Waals surface area contributed by atoms with Crippen molar-refractivity contribution in [1.29, 1.82) is 0 Å². The highest BCUT2D eigenvalue weighted by molar-refractivity contribution is 7.85. The first-order valence-electron chi connectivity index (χ1n) is 8.02. The van der Waals surface area contributed by atoms with Crippen molar-refractivity contribution >= 4 is 28.4 Å². The van der Waals surface area contributed by atoms with E-state index >= 15 is 0 Å². The van der Waals surface area contributed by atoms with E-state index in [1.54, 1.807) is 55.5 Å². The van der Waals surface area contributed by atoms with Crippen LogP contribution in [0.2, 0.25) is 0 Å². The molecule has 2 N–H and O–H groups in total. The number of nitrogens with one attached hydrogen (secondary N) is 1. The summed E-state index contributed by atoms with van der Waals surface area (Å²) in [4.78, 5) is 23.9. The van der Waals surface area contributed by atoms with Crippen molar-refractivity contribution in [3.63, 3.8) is 0 Å². The molecular formula is C19H21NO4S. The molecule has 0 saturated heterocycles. The fourth-order valence-electron chi connectivity index (χ4n) is 2.37. The van der Waals surface area contributed by atoms with Crippen LogP contribution in [0, 0.1) is 5.92 Å². The van der Waals surface area contributed by atoms with Crippen LogP contribution in [0.3, 0.4) is 0 Å². The summed E-state index contributed by atoms with van der Waals surface area (Å²) in [6.45, 7) is 3.46. The Morgan fingerprint density at radius 1 is 1.12 bits per heavy atom. The van der Waals surface area contributed by atoms with Crippen LogP contribution in [0.1, 0.15) is 29.8 Å². The standard InChI is InChI=1S/C19H21NO4S/c1-3-25(24)17-7-5-4-6-16(17)18(21)20-15-10-8-14(9-11-15)12-13(2)19(22)23/h4-11,13H,3,12H2,1-2H3,(H,20,21)(H,22,23). The number of benzene rings is 2. The number of hydrogen-bond acceptors (Lipinski definition) is 3. The van der Waals surface area contributed by atoms with E-state index in [2.05, 4.69) is 5.32 Å². The molecule has 2 aromatic carbocycles. The Hall–Kier alpha value is -2.47. The Kier molecular flexibility index (Phi) is 6.47. The van der Waals surface area contributed by atoms with Crippen LogP contribution in [0.15, 0.2) is 53.4 Å². The van der Waals surface area contributed by atoms with Crippen molar-refractivity contribution in [2.45, 2.75) is 25.2 Å². The fourth-order valence-corrected chi connectivity index (χ4v) is 3.32. The highest BCUT2D eigenvalue weighted by Gasteiger charge is 2.15. The first kappa shape index (κ1) is 18.9. The molecule has 2 atom stereocenters. The summed E-state index contributed by atoms with van der Waals surface area (Å²) in [5.74, 6) is -1.17. The lowest BCUT2D eigenvalue weighted by Crippen LogP contribution is -2.15. The van der Waals surface area contributed by atoms with Crippen molar-refractivity contribution in [1.82, 2.24) is 0 Å². The summed E-state index contributed by atoms with van der Waals surface area (Å²) in [5, 5.41) is 11.7. The van der Waals surface area contributed by atoms with Crippen LogP contribution in [0.25, 0.3) is 0 Å². The van der Waals surface area contributed by atoms with Crippen molar-refractivity contribution in [2.75, 3.05) is 11.1 Å². The Labute approximate surface area is 149 Å². The number of rotatable bonds is 7. The van der Waals surface area contributed by atoms with Gasteiger partial charge in [0.15, 0.2) is 0 Å². The van der Waals surface area contributed by atoms with E-state index in [-0.39, 0.29) is 5.91 Å². The van der Waals surface area contributed by atoms with Gasteiger partial charge in [-0.15, -0.1) is 0 Å². The van der Waals surface area contributed by atoms with Crippen LogP contribution in [-0.4, -0.2) is 26.9 Å². The fraction of sp³-hybridized carbons (Fsp3) is 0.263. The Bertz CT molecular complexity index is 786. The highest BCUT2D eigenvalue weighted by Crippen LogP contribution is 2.18. The van der Waals surface area contributed by atoms with E-state index in [1.165, 1.54) is 0 Å². The Morgan fingerprint density at radius 2 is 1.76 bits per heavy atom. The summed E-state index contributed by atoms with van der Waals surface area (Å²) in [6.07, 6.45) is 0.432. The third kappa shape index (κ3) is 5.00. The van der Waals surface area contributed by atoms with E-state index in [0.29, 0.717) is 28.3 Å². The summed E-state index contributed by atoms with van der Waals surface area (Å²) in [5.41, 5.74) is 1.89. The van der Waals surface area contributed by atoms with Crippen molar-refractivity contribution in [2.24, 2.45) is 5.92 Å². The molecule has 0 spiro atoms. The number of carboxylic acid groups (broad SMARTS) is 1. The molecule has 2 aromatic rings. The van der Waals surface area contributed by atoms with Gasteiger partial charge in [-0.1, -0.05) is 38.1 Å². The van der Waals surface area contributed by atoms with E-state index < -0.39 is 22.7 Å². The van der Waals surface area contributed by atoms with Crippen LogP contribution in [0.4, 0.5) is 5.69 Å². The topological polar surface area (TPSA) is 83.5 Å². The number of anilines is 1. The molecular weight excluding hydrogens is 338 g/mol. The van der Waals surface area contributed by atoms with Crippen molar-refractivity contribution in [3.05, 3.63) is 59.7 Å². The zero-order valence-corrected chi connectivity index (χ0v) is 15.0. The Morgan fingerprint density at radius 3 is 2.36 bits per heavy atom. The van der Waals surface area contributed by atoms with Gasteiger partial charge >= 0.3 is 5.97 Å². The molecule has 0 aromatic heterocycles. The lowest BCUT2D eigenvalue weighted by atomic mass is 10.0. The van der Waals surface area contributed by atoms with Gasteiger partial charge in [-0.3, -0.25) is 13.8 Å². The van der Waals surface area contributed by atoms with Crippen molar-refractivity contribution < 1.29 is 18.9 Å². The highest BCUT2D eigenvalue weighted by atomic mass is 32.2. The molecule has 5 nitrogen and oxygen atoms in total. The molecule has 0 radical (unpaired) electrons. The minimum atomic E-state index is -1.21. The van der Waals surface area contributed by atoms with Gasteiger partial charge in [-0.25, -0.2) is 0 Å². The van der Waals surface area contributed by atoms with Gasteiger partial charge in [0, 0.05) is 11.4 Å². The molecule has 1 amide bonds. The summed E-state index contributed by atoms with van der Waals surface area (Å²) < 4.78 is 12.1. The van der Waals surface area contributed by atoms with Crippen LogP contribution in [0.5, 0.6) is 0 Å². The number of carboxylic acids is 1. The van der Waals surface area contributed by atoms with Gasteiger partial charge in [0.2, 0.25) is 0 Å². The largest absolute Gasteiger partial charge is 0.481 e. The Balaban J connectivity index is 2.11. The molecule has 0 heterocycles. The number of carbonyl (C=O) groups is 2. The molecule has 2 rings (SSSR count). The molecule has 0 aliphatic rings. The quantitative estimate of drug-likeness (QED) is 0.794. The van der Waals surface area contributed by atoms with Crippen molar-refractivity contribution in [3.8, 4) is 0 Å². The van der Waals surface area contributed by atoms with Gasteiger partial charge in [0.25, 0.3) is 5.91 Å². The summed E-state index contributed by atoms with van der Waals surface area (Å²) >= 11 is 0. The predicted octanol–water partition coefficient (Wildman–Crippen LogP) is 3.33. The molecule has 2 unspecified atom stereocenters. The van der Waals surface area contributed by atoms with Gasteiger partial charge in [0.1, 0.15) is 0 Å². The maximum absolute atomic E-state index is 12.5. The minimum absolute atomic E-state index is 0.316. The molecule has 0 saturated carbocycles. The second-order valence-electron chi connectivity index (χ2n) is 5.72. The minimum Gasteiger partial charge on any atom is -0.481 e. The van der Waals surface area contributed by atoms with Crippen LogP contribution >= 0.6 is 0 Å². The predicted molar refractivity (Wildman–Crippen MR) is 98.3 cm³/mol. The average molecular weight is 359 g/mol. The molecule has 0 aliphatic heterocycles. The molecule has 132 valence electrons. The number of aliphatic carboxylic acids is 1. The summed E-state index contributed by atoms with van der Waals surface area (Å²) in [6, 6.07) is 13.9. The summed E-state index contributed by atoms with van der Waals surface area (Å²) in [7, 11) is -1.21. The smallest absolute Gasteiger partial charge is 0.306 e. The molecule has 6 heteroatoms. The monoisotopic (exact) mass is 359 g/mol. The molecule has 25 heavy (non-hydrogen) atoms. The van der Waals surface area contributed by atoms with E-state index in [4.69, 9.17) is 5.11 Å². The van der Waals surface area contributed by atoms with E-state index in [1.807, 2.05) is 6.92 Å². The molecule has 0 bridgehead atoms. The lowest BCUT2D eigenvalue weighted by molar-refractivity contribution is -0.141. The zero-order valence-electron chi connectivity index (χ0n) is 14.2. The second-order valence-corrected chi connectivity index (χ2v) is 7.43. The maximum atomic E-state index is 12.5. The normalized spacial score (nSPS) is 13.0. The molecule has 0 fully saturated rings. The maximum Gasteiger partial charge on any atom is 0.306 e. The van der Waals surface area contributed by atoms with Crippen LogP contribution < -0.4 is 5.32 Å². The first-order chi connectivity index (χ1) is 11.9. The number of carbonyl (C=O) groups excluding carboxylic acids is 1. The third-order valence-corrected chi connectivity index (χ3v) is 5.19. The molecule has 0 aliphatic carbocycles. The number of hydrogen-bond donors (Lipinski definition) is 2. The van der Waals surface area contributed by atoms with Gasteiger partial charge in [0.05, 0.1) is 27.2 Å². The number of amides is 1. The van der Waals surface area contributed by atoms with E-state index in [9.17, 15) is 13.8 Å². The van der Waals surface area contributed by atoms with E-state index in [0.717, 1.165) is 5.56 Å².